The topological polar surface area (TPSA) is 126 Å². The minimum Gasteiger partial charge on any atom is 4.00 e. The maximum atomic E-state index is 8.33. The van der Waals surface area contributed by atoms with Crippen molar-refractivity contribution in [2.45, 2.75) is 0 Å². The Kier molecular flexibility index (Phi) is 36.5. The van der Waals surface area contributed by atoms with Crippen LogP contribution in [0.5, 0.6) is 0 Å². The van der Waals surface area contributed by atoms with Gasteiger partial charge < -0.3 is 30.0 Å². The first kappa shape index (κ1) is 22.4. The first-order chi connectivity index (χ1) is 3.46. The van der Waals surface area contributed by atoms with Gasteiger partial charge in [0.05, 0.1) is 0 Å². The Labute approximate surface area is 101 Å². The SMILES string of the molecule is O=C([O-])[O-].O=C([O-])[O-].[CaH2].[Ti+4]. The number of carbonyl (C=O) groups excluding carboxylic acids is 2. The fourth-order valence-corrected chi connectivity index (χ4v) is 0. The van der Waals surface area contributed by atoms with Crippen LogP contribution in [0, 0.1) is 0 Å². The summed E-state index contributed by atoms with van der Waals surface area (Å²) < 4.78 is 0. The zero-order chi connectivity index (χ0) is 7.15. The van der Waals surface area contributed by atoms with Gasteiger partial charge in [0.25, 0.3) is 0 Å². The number of carbonyl (C=O) groups is 2. The van der Waals surface area contributed by atoms with Crippen LogP contribution in [0.2, 0.25) is 0 Å². The molecule has 0 saturated carbocycles. The second kappa shape index (κ2) is 16.3. The minimum absolute atomic E-state index is 0. The van der Waals surface area contributed by atoms with Gasteiger partial charge in [0.1, 0.15) is 0 Å². The molecule has 0 aliphatic rings. The molecule has 6 nitrogen and oxygen atoms in total. The molecule has 0 aromatic heterocycles. The summed E-state index contributed by atoms with van der Waals surface area (Å²) in [5.74, 6) is 0. The smallest absolute Gasteiger partial charge is 4.00 e. The van der Waals surface area contributed by atoms with Crippen molar-refractivity contribution in [3.63, 3.8) is 0 Å². The maximum Gasteiger partial charge on any atom is 4.00 e. The summed E-state index contributed by atoms with van der Waals surface area (Å²) in [6.45, 7) is 0. The van der Waals surface area contributed by atoms with Crippen molar-refractivity contribution in [3.8, 4) is 0 Å². The van der Waals surface area contributed by atoms with E-state index in [4.69, 9.17) is 30.0 Å². The van der Waals surface area contributed by atoms with E-state index >= 15 is 0 Å². The monoisotopic (exact) mass is 210 g/mol. The summed E-state index contributed by atoms with van der Waals surface area (Å²) in [4.78, 5) is 16.7. The van der Waals surface area contributed by atoms with E-state index in [-0.39, 0.29) is 59.5 Å². The van der Waals surface area contributed by atoms with Crippen LogP contribution in [0.25, 0.3) is 0 Å². The van der Waals surface area contributed by atoms with Gasteiger partial charge in [0, 0.05) is 0 Å². The number of carboxylic acid groups (broad SMARTS) is 4. The van der Waals surface area contributed by atoms with E-state index in [0.29, 0.717) is 0 Å². The van der Waals surface area contributed by atoms with Crippen molar-refractivity contribution in [2.75, 3.05) is 0 Å². The first-order valence-electron chi connectivity index (χ1n) is 1.22. The van der Waals surface area contributed by atoms with Crippen molar-refractivity contribution in [1.29, 1.82) is 0 Å². The Morgan fingerprint density at radius 2 is 0.800 bits per heavy atom. The summed E-state index contributed by atoms with van der Waals surface area (Å²) >= 11 is 0. The predicted molar refractivity (Wildman–Crippen MR) is 19.3 cm³/mol. The largest absolute Gasteiger partial charge is 4.00 e. The quantitative estimate of drug-likeness (QED) is 0.366. The minimum atomic E-state index is -2.33. The fourth-order valence-electron chi connectivity index (χ4n) is 0. The van der Waals surface area contributed by atoms with E-state index in [1.165, 1.54) is 0 Å². The molecule has 0 amide bonds. The van der Waals surface area contributed by atoms with Crippen LogP contribution < -0.4 is 20.4 Å². The van der Waals surface area contributed by atoms with E-state index in [2.05, 4.69) is 0 Å². The van der Waals surface area contributed by atoms with Crippen LogP contribution in [0.4, 0.5) is 9.59 Å². The van der Waals surface area contributed by atoms with Crippen LogP contribution in [0.15, 0.2) is 0 Å². The van der Waals surface area contributed by atoms with Gasteiger partial charge in [-0.2, -0.15) is 0 Å². The Hall–Kier alpha value is 0.514. The second-order valence-corrected chi connectivity index (χ2v) is 0.500. The molecule has 0 unspecified atom stereocenters. The third-order valence-corrected chi connectivity index (χ3v) is 0. The Morgan fingerprint density at radius 3 is 0.800 bits per heavy atom. The van der Waals surface area contributed by atoms with Crippen molar-refractivity contribution in [2.24, 2.45) is 0 Å². The molecule has 0 aromatic carbocycles. The number of hydrogen-bond donors (Lipinski definition) is 0. The molecule has 0 rings (SSSR count). The summed E-state index contributed by atoms with van der Waals surface area (Å²) in [5, 5.41) is 33.3. The number of rotatable bonds is 0. The van der Waals surface area contributed by atoms with Crippen molar-refractivity contribution in [3.05, 3.63) is 0 Å². The third kappa shape index (κ3) is 1820. The van der Waals surface area contributed by atoms with E-state index in [9.17, 15) is 0 Å². The molecule has 0 aliphatic carbocycles. The Balaban J connectivity index is -0.0000000300. The standard InChI is InChI=1S/2CH2O3.Ca.Ti.2H/c2*2-1(3)4;;;;/h2*(H2,2,3,4);;;;/q;;;+4;;/p-4. The van der Waals surface area contributed by atoms with Gasteiger partial charge in [0.2, 0.25) is 0 Å². The van der Waals surface area contributed by atoms with Crippen LogP contribution in [-0.2, 0) is 21.7 Å². The Morgan fingerprint density at radius 1 is 0.800 bits per heavy atom. The van der Waals surface area contributed by atoms with Crippen LogP contribution >= 0.6 is 0 Å². The molecule has 0 heterocycles. The molecule has 0 atom stereocenters. The van der Waals surface area contributed by atoms with E-state index in [1.807, 2.05) is 0 Å². The molecule has 0 fully saturated rings. The summed E-state index contributed by atoms with van der Waals surface area (Å²) in [6.07, 6.45) is -4.67. The van der Waals surface area contributed by atoms with Crippen LogP contribution in [0.3, 0.4) is 0 Å². The summed E-state index contributed by atoms with van der Waals surface area (Å²) in [6, 6.07) is 0. The van der Waals surface area contributed by atoms with Crippen molar-refractivity contribution >= 4 is 50.0 Å². The van der Waals surface area contributed by atoms with E-state index in [0.717, 1.165) is 0 Å². The van der Waals surface area contributed by atoms with Gasteiger partial charge in [-0.25, -0.2) is 0 Å². The molecule has 0 saturated heterocycles. The molecule has 0 bridgehead atoms. The van der Waals surface area contributed by atoms with Gasteiger partial charge in [-0.1, -0.05) is 0 Å². The predicted octanol–water partition coefficient (Wildman–Crippen LogP) is -5.81. The van der Waals surface area contributed by atoms with Gasteiger partial charge in [-0.3, -0.25) is 0 Å². The van der Waals surface area contributed by atoms with Gasteiger partial charge in [-0.15, -0.1) is 0 Å². The van der Waals surface area contributed by atoms with Gasteiger partial charge >= 0.3 is 59.5 Å². The summed E-state index contributed by atoms with van der Waals surface area (Å²) in [5.41, 5.74) is 0. The average Bonchev–Trinajstić information content (AvgIpc) is 1.25. The molecule has 0 aliphatic heterocycles. The van der Waals surface area contributed by atoms with Crippen LogP contribution in [0.1, 0.15) is 0 Å². The molecule has 8 heteroatoms. The van der Waals surface area contributed by atoms with Gasteiger partial charge in [-0.05, 0) is 12.3 Å². The van der Waals surface area contributed by atoms with E-state index < -0.39 is 12.3 Å². The molecule has 52 valence electrons. The normalized spacial score (nSPS) is 4.80. The van der Waals surface area contributed by atoms with E-state index in [1.54, 1.807) is 0 Å². The Bertz CT molecular complexity index is 73.7. The summed E-state index contributed by atoms with van der Waals surface area (Å²) in [7, 11) is 0. The third-order valence-electron chi connectivity index (χ3n) is 0. The molecule has 0 spiro atoms. The maximum absolute atomic E-state index is 8.33. The molecule has 0 aromatic rings. The number of hydrogen-bond acceptors (Lipinski definition) is 6. The zero-order valence-corrected chi connectivity index (χ0v) is 5.51. The fraction of sp³-hybridized carbons (Fsp3) is 0. The van der Waals surface area contributed by atoms with Gasteiger partial charge in [0.15, 0.2) is 0 Å². The van der Waals surface area contributed by atoms with Crippen molar-refractivity contribution < 1.29 is 51.7 Å². The second-order valence-electron chi connectivity index (χ2n) is 0.500. The molecular weight excluding hydrogens is 208 g/mol. The zero-order valence-electron chi connectivity index (χ0n) is 3.95. The molecule has 0 N–H and O–H groups in total. The molecular formula is C2H2CaO6Ti. The van der Waals surface area contributed by atoms with Crippen LogP contribution in [-0.4, -0.2) is 50.0 Å². The average molecular weight is 210 g/mol. The first-order valence-corrected chi connectivity index (χ1v) is 1.22. The molecule has 0 radical (unpaired) electrons. The van der Waals surface area contributed by atoms with Crippen molar-refractivity contribution in [1.82, 2.24) is 0 Å². The molecule has 10 heavy (non-hydrogen) atoms.